The van der Waals surface area contributed by atoms with Crippen LogP contribution in [0.25, 0.3) is 0 Å². The Balaban J connectivity index is 1.26. The number of rotatable bonds is 7. The van der Waals surface area contributed by atoms with Crippen molar-refractivity contribution in [1.82, 2.24) is 20.0 Å². The van der Waals surface area contributed by atoms with Gasteiger partial charge in [0.25, 0.3) is 5.91 Å². The molecular formula is C23H33N5O3. The normalized spacial score (nSPS) is 17.0. The number of nitrogens with one attached hydrogen (secondary N) is 1. The lowest BCUT2D eigenvalue weighted by Gasteiger charge is -2.36. The van der Waals surface area contributed by atoms with Crippen molar-refractivity contribution in [2.75, 3.05) is 57.9 Å². The first-order valence-electron chi connectivity index (χ1n) is 11.1. The number of aromatic nitrogens is 2. The fourth-order valence-corrected chi connectivity index (χ4v) is 4.31. The molecule has 31 heavy (non-hydrogen) atoms. The number of hydrogen-bond acceptors (Lipinski definition) is 6. The largest absolute Gasteiger partial charge is 0.497 e. The van der Waals surface area contributed by atoms with Gasteiger partial charge in [-0.3, -0.25) is 14.4 Å². The number of methoxy groups -OCH3 is 1. The van der Waals surface area contributed by atoms with Crippen LogP contribution in [-0.4, -0.2) is 73.6 Å². The zero-order valence-electron chi connectivity index (χ0n) is 18.8. The Morgan fingerprint density at radius 2 is 1.94 bits per heavy atom. The predicted octanol–water partition coefficient (Wildman–Crippen LogP) is 2.10. The van der Waals surface area contributed by atoms with Gasteiger partial charge in [-0.15, -0.1) is 0 Å². The van der Waals surface area contributed by atoms with E-state index in [-0.39, 0.29) is 11.9 Å². The van der Waals surface area contributed by atoms with Crippen LogP contribution in [0.3, 0.4) is 0 Å². The molecule has 0 radical (unpaired) electrons. The summed E-state index contributed by atoms with van der Waals surface area (Å²) in [5, 5.41) is 7.67. The summed E-state index contributed by atoms with van der Waals surface area (Å²) in [6.45, 7) is 10.7. The lowest BCUT2D eigenvalue weighted by Crippen LogP contribution is -2.48. The van der Waals surface area contributed by atoms with Crippen LogP contribution in [0.2, 0.25) is 0 Å². The Hall–Kier alpha value is -2.58. The molecule has 2 aliphatic heterocycles. The fourth-order valence-electron chi connectivity index (χ4n) is 4.31. The van der Waals surface area contributed by atoms with Crippen molar-refractivity contribution in [3.63, 3.8) is 0 Å². The third kappa shape index (κ3) is 4.85. The summed E-state index contributed by atoms with van der Waals surface area (Å²) < 4.78 is 12.8. The number of anilines is 1. The number of hydrogen-bond donors (Lipinski definition) is 1. The van der Waals surface area contributed by atoms with E-state index in [1.807, 2.05) is 16.8 Å². The molecule has 0 spiro atoms. The lowest BCUT2D eigenvalue weighted by molar-refractivity contribution is 0.0920. The van der Waals surface area contributed by atoms with Crippen LogP contribution in [-0.2, 0) is 17.8 Å². The molecule has 2 aliphatic rings. The number of piperazine rings is 1. The van der Waals surface area contributed by atoms with E-state index in [2.05, 4.69) is 46.2 Å². The molecule has 0 unspecified atom stereocenters. The van der Waals surface area contributed by atoms with Crippen LogP contribution in [0.15, 0.2) is 24.3 Å². The third-order valence-electron chi connectivity index (χ3n) is 6.08. The molecule has 1 N–H and O–H groups in total. The van der Waals surface area contributed by atoms with Gasteiger partial charge in [0.15, 0.2) is 5.69 Å². The molecule has 8 nitrogen and oxygen atoms in total. The Morgan fingerprint density at radius 1 is 1.19 bits per heavy atom. The van der Waals surface area contributed by atoms with Gasteiger partial charge in [-0.2, -0.15) is 5.10 Å². The minimum atomic E-state index is -0.0991. The van der Waals surface area contributed by atoms with E-state index in [9.17, 15) is 4.79 Å². The molecule has 0 bridgehead atoms. The van der Waals surface area contributed by atoms with E-state index in [1.165, 1.54) is 5.69 Å². The second-order valence-electron chi connectivity index (χ2n) is 8.40. The standard InChI is InChI=1S/C23H33N5O3/c1-17(2)28-21-8-15-31-16-20(21)22(25-28)23(29)24-9-10-26-11-13-27(14-12-26)18-4-6-19(30-3)7-5-18/h4-7,17H,8-16H2,1-3H3,(H,24,29). The Morgan fingerprint density at radius 3 is 2.61 bits per heavy atom. The summed E-state index contributed by atoms with van der Waals surface area (Å²) in [5.41, 5.74) is 3.83. The number of benzene rings is 1. The molecule has 1 aromatic heterocycles. The first kappa shape index (κ1) is 21.6. The highest BCUT2D eigenvalue weighted by atomic mass is 16.5. The number of ether oxygens (including phenoxy) is 2. The van der Waals surface area contributed by atoms with Crippen molar-refractivity contribution in [3.05, 3.63) is 41.2 Å². The zero-order chi connectivity index (χ0) is 21.8. The van der Waals surface area contributed by atoms with Gasteiger partial charge < -0.3 is 19.7 Å². The van der Waals surface area contributed by atoms with Crippen molar-refractivity contribution in [1.29, 1.82) is 0 Å². The lowest BCUT2D eigenvalue weighted by atomic mass is 10.1. The molecule has 0 aliphatic carbocycles. The SMILES string of the molecule is COc1ccc(N2CCN(CCNC(=O)c3nn(C(C)C)c4c3COCC4)CC2)cc1. The van der Waals surface area contributed by atoms with E-state index >= 15 is 0 Å². The molecule has 2 aromatic rings. The van der Waals surface area contributed by atoms with Gasteiger partial charge in [0, 0.05) is 68.7 Å². The van der Waals surface area contributed by atoms with Crippen molar-refractivity contribution in [2.24, 2.45) is 0 Å². The maximum Gasteiger partial charge on any atom is 0.272 e. The maximum atomic E-state index is 12.8. The molecule has 0 atom stereocenters. The molecule has 1 fully saturated rings. The topological polar surface area (TPSA) is 71.9 Å². The summed E-state index contributed by atoms with van der Waals surface area (Å²) in [7, 11) is 1.69. The van der Waals surface area contributed by atoms with Crippen LogP contribution in [0.1, 0.15) is 41.6 Å². The van der Waals surface area contributed by atoms with E-state index < -0.39 is 0 Å². The number of carbonyl (C=O) groups excluding carboxylic acids is 1. The zero-order valence-corrected chi connectivity index (χ0v) is 18.8. The van der Waals surface area contributed by atoms with Crippen LogP contribution in [0, 0.1) is 0 Å². The van der Waals surface area contributed by atoms with Crippen molar-refractivity contribution < 1.29 is 14.3 Å². The number of fused-ring (bicyclic) bond motifs is 1. The molecule has 168 valence electrons. The third-order valence-corrected chi connectivity index (χ3v) is 6.08. The average molecular weight is 428 g/mol. The quantitative estimate of drug-likeness (QED) is 0.730. The Kier molecular flexibility index (Phi) is 6.77. The second-order valence-corrected chi connectivity index (χ2v) is 8.40. The van der Waals surface area contributed by atoms with Gasteiger partial charge >= 0.3 is 0 Å². The molecule has 8 heteroatoms. The van der Waals surface area contributed by atoms with Gasteiger partial charge in [-0.1, -0.05) is 0 Å². The highest BCUT2D eigenvalue weighted by molar-refractivity contribution is 5.94. The number of nitrogens with zero attached hydrogens (tertiary/aromatic N) is 4. The van der Waals surface area contributed by atoms with Gasteiger partial charge in [0.1, 0.15) is 5.75 Å². The molecule has 1 saturated heterocycles. The second kappa shape index (κ2) is 9.70. The number of carbonyl (C=O) groups is 1. The number of amides is 1. The van der Waals surface area contributed by atoms with E-state index in [1.54, 1.807) is 7.11 Å². The Labute approximate surface area is 184 Å². The van der Waals surface area contributed by atoms with Gasteiger partial charge in [0.2, 0.25) is 0 Å². The van der Waals surface area contributed by atoms with Crippen molar-refractivity contribution >= 4 is 11.6 Å². The molecule has 1 aromatic carbocycles. The van der Waals surface area contributed by atoms with Gasteiger partial charge in [-0.05, 0) is 38.1 Å². The summed E-state index contributed by atoms with van der Waals surface area (Å²) >= 11 is 0. The summed E-state index contributed by atoms with van der Waals surface area (Å²) in [6.07, 6.45) is 0.812. The van der Waals surface area contributed by atoms with Crippen molar-refractivity contribution in [2.45, 2.75) is 32.9 Å². The highest BCUT2D eigenvalue weighted by Crippen LogP contribution is 2.24. The summed E-state index contributed by atoms with van der Waals surface area (Å²) in [5.74, 6) is 0.780. The van der Waals surface area contributed by atoms with Gasteiger partial charge in [-0.25, -0.2) is 0 Å². The van der Waals surface area contributed by atoms with Crippen molar-refractivity contribution in [3.8, 4) is 5.75 Å². The minimum absolute atomic E-state index is 0.0991. The van der Waals surface area contributed by atoms with Crippen LogP contribution < -0.4 is 15.0 Å². The monoisotopic (exact) mass is 427 g/mol. The van der Waals surface area contributed by atoms with E-state index in [4.69, 9.17) is 9.47 Å². The summed E-state index contributed by atoms with van der Waals surface area (Å²) in [4.78, 5) is 17.6. The molecular weight excluding hydrogens is 394 g/mol. The first-order valence-corrected chi connectivity index (χ1v) is 11.1. The van der Waals surface area contributed by atoms with E-state index in [0.29, 0.717) is 25.5 Å². The predicted molar refractivity (Wildman–Crippen MR) is 120 cm³/mol. The van der Waals surface area contributed by atoms with Gasteiger partial charge in [0.05, 0.1) is 20.3 Å². The first-order chi connectivity index (χ1) is 15.1. The molecule has 3 heterocycles. The molecule has 4 rings (SSSR count). The molecule has 0 saturated carbocycles. The van der Waals surface area contributed by atoms with Crippen LogP contribution in [0.4, 0.5) is 5.69 Å². The Bertz CT molecular complexity index is 885. The molecule has 1 amide bonds. The average Bonchev–Trinajstić information content (AvgIpc) is 3.20. The van der Waals surface area contributed by atoms with Crippen LogP contribution >= 0.6 is 0 Å². The summed E-state index contributed by atoms with van der Waals surface area (Å²) in [6, 6.07) is 8.45. The highest BCUT2D eigenvalue weighted by Gasteiger charge is 2.26. The fraction of sp³-hybridized carbons (Fsp3) is 0.565. The minimum Gasteiger partial charge on any atom is -0.497 e. The van der Waals surface area contributed by atoms with Crippen LogP contribution in [0.5, 0.6) is 5.75 Å². The smallest absolute Gasteiger partial charge is 0.272 e. The maximum absolute atomic E-state index is 12.8. The van der Waals surface area contributed by atoms with E-state index in [0.717, 1.165) is 56.2 Å².